The minimum Gasteiger partial charge on any atom is -0.236 e. The van der Waals surface area contributed by atoms with Crippen LogP contribution in [0.4, 0.5) is 0 Å². The van der Waals surface area contributed by atoms with Crippen molar-refractivity contribution in [1.82, 2.24) is 15.0 Å². The van der Waals surface area contributed by atoms with Gasteiger partial charge in [0.15, 0.2) is 5.82 Å². The molecule has 0 atom stereocenters. The van der Waals surface area contributed by atoms with Crippen LogP contribution in [0.15, 0.2) is 115 Å². The molecule has 2 aromatic heterocycles. The third kappa shape index (κ3) is 3.93. The fourth-order valence-corrected chi connectivity index (χ4v) is 4.82. The SMILES string of the molecule is c1ccc(-c2cc(-c3ccccc3)nc(-c3ccc(-c4nc5ccccc5s4)cc3)n2)cc1. The second kappa shape index (κ2) is 8.41. The van der Waals surface area contributed by atoms with Crippen molar-refractivity contribution in [2.24, 2.45) is 0 Å². The van der Waals surface area contributed by atoms with Crippen LogP contribution in [-0.2, 0) is 0 Å². The summed E-state index contributed by atoms with van der Waals surface area (Å²) in [5, 5.41) is 1.02. The Balaban J connectivity index is 1.43. The molecule has 0 radical (unpaired) electrons. The van der Waals surface area contributed by atoms with Gasteiger partial charge in [0, 0.05) is 22.3 Å². The summed E-state index contributed by atoms with van der Waals surface area (Å²) in [5.74, 6) is 0.714. The third-order valence-electron chi connectivity index (χ3n) is 5.55. The number of fused-ring (bicyclic) bond motifs is 1. The predicted molar refractivity (Wildman–Crippen MR) is 137 cm³/mol. The summed E-state index contributed by atoms with van der Waals surface area (Å²) < 4.78 is 1.20. The van der Waals surface area contributed by atoms with Crippen LogP contribution in [0.5, 0.6) is 0 Å². The first-order chi connectivity index (χ1) is 16.3. The molecular weight excluding hydrogens is 422 g/mol. The average molecular weight is 442 g/mol. The molecule has 4 aromatic carbocycles. The highest BCUT2D eigenvalue weighted by Gasteiger charge is 2.11. The Morgan fingerprint density at radius 2 is 1.00 bits per heavy atom. The number of nitrogens with zero attached hydrogens (tertiary/aromatic N) is 3. The molecule has 156 valence electrons. The van der Waals surface area contributed by atoms with Crippen LogP contribution in [0.25, 0.3) is 54.7 Å². The summed E-state index contributed by atoms with van der Waals surface area (Å²) in [4.78, 5) is 14.6. The summed E-state index contributed by atoms with van der Waals surface area (Å²) in [5.41, 5.74) is 7.09. The van der Waals surface area contributed by atoms with E-state index >= 15 is 0 Å². The zero-order chi connectivity index (χ0) is 22.0. The Bertz CT molecular complexity index is 1450. The van der Waals surface area contributed by atoms with E-state index < -0.39 is 0 Å². The second-order valence-corrected chi connectivity index (χ2v) is 8.79. The Labute approximate surface area is 196 Å². The number of para-hydroxylation sites is 1. The minimum atomic E-state index is 0.714. The number of hydrogen-bond donors (Lipinski definition) is 0. The first-order valence-electron chi connectivity index (χ1n) is 10.8. The number of hydrogen-bond acceptors (Lipinski definition) is 4. The Morgan fingerprint density at radius 1 is 0.455 bits per heavy atom. The van der Waals surface area contributed by atoms with Crippen molar-refractivity contribution in [1.29, 1.82) is 0 Å². The van der Waals surface area contributed by atoms with Crippen LogP contribution >= 0.6 is 11.3 Å². The molecule has 4 heteroatoms. The highest BCUT2D eigenvalue weighted by atomic mass is 32.1. The molecule has 0 N–H and O–H groups in total. The molecular formula is C29H19N3S. The van der Waals surface area contributed by atoms with Crippen LogP contribution < -0.4 is 0 Å². The number of rotatable bonds is 4. The molecule has 0 bridgehead atoms. The number of thiazole rings is 1. The van der Waals surface area contributed by atoms with E-state index in [4.69, 9.17) is 15.0 Å². The summed E-state index contributed by atoms with van der Waals surface area (Å²) in [6.45, 7) is 0. The topological polar surface area (TPSA) is 38.7 Å². The summed E-state index contributed by atoms with van der Waals surface area (Å²) in [6, 6.07) is 39.2. The normalized spacial score (nSPS) is 11.0. The van der Waals surface area contributed by atoms with E-state index in [1.807, 2.05) is 42.5 Å². The molecule has 0 saturated carbocycles. The van der Waals surface area contributed by atoms with Crippen LogP contribution in [0.3, 0.4) is 0 Å². The smallest absolute Gasteiger partial charge is 0.160 e. The Kier molecular flexibility index (Phi) is 4.98. The molecule has 6 rings (SSSR count). The third-order valence-corrected chi connectivity index (χ3v) is 6.63. The Hall–Kier alpha value is -4.15. The Morgan fingerprint density at radius 3 is 1.61 bits per heavy atom. The maximum atomic E-state index is 4.91. The molecule has 0 unspecified atom stereocenters. The summed E-state index contributed by atoms with van der Waals surface area (Å²) >= 11 is 1.71. The van der Waals surface area contributed by atoms with Gasteiger partial charge in [-0.3, -0.25) is 0 Å². The lowest BCUT2D eigenvalue weighted by Gasteiger charge is -2.09. The lowest BCUT2D eigenvalue weighted by atomic mass is 10.1. The lowest BCUT2D eigenvalue weighted by molar-refractivity contribution is 1.18. The van der Waals surface area contributed by atoms with E-state index in [0.717, 1.165) is 44.2 Å². The molecule has 0 spiro atoms. The van der Waals surface area contributed by atoms with E-state index in [-0.39, 0.29) is 0 Å². The van der Waals surface area contributed by atoms with Crippen LogP contribution in [-0.4, -0.2) is 15.0 Å². The maximum absolute atomic E-state index is 4.91. The zero-order valence-electron chi connectivity index (χ0n) is 17.7. The highest BCUT2D eigenvalue weighted by molar-refractivity contribution is 7.21. The summed E-state index contributed by atoms with van der Waals surface area (Å²) in [7, 11) is 0. The van der Waals surface area contributed by atoms with Gasteiger partial charge in [0.05, 0.1) is 21.6 Å². The number of aromatic nitrogens is 3. The second-order valence-electron chi connectivity index (χ2n) is 7.76. The van der Waals surface area contributed by atoms with E-state index in [1.54, 1.807) is 11.3 Å². The first-order valence-corrected chi connectivity index (χ1v) is 11.6. The first kappa shape index (κ1) is 19.5. The van der Waals surface area contributed by atoms with Gasteiger partial charge in [-0.1, -0.05) is 97.1 Å². The molecule has 3 nitrogen and oxygen atoms in total. The average Bonchev–Trinajstić information content (AvgIpc) is 3.34. The molecule has 0 aliphatic rings. The lowest BCUT2D eigenvalue weighted by Crippen LogP contribution is -1.95. The van der Waals surface area contributed by atoms with E-state index in [1.165, 1.54) is 4.70 Å². The van der Waals surface area contributed by atoms with Crippen LogP contribution in [0.1, 0.15) is 0 Å². The molecule has 33 heavy (non-hydrogen) atoms. The van der Waals surface area contributed by atoms with Gasteiger partial charge in [-0.25, -0.2) is 15.0 Å². The van der Waals surface area contributed by atoms with E-state index in [2.05, 4.69) is 72.8 Å². The largest absolute Gasteiger partial charge is 0.236 e. The molecule has 0 amide bonds. The molecule has 0 aliphatic carbocycles. The molecule has 6 aromatic rings. The van der Waals surface area contributed by atoms with Gasteiger partial charge in [0.2, 0.25) is 0 Å². The van der Waals surface area contributed by atoms with Crippen LogP contribution in [0.2, 0.25) is 0 Å². The van der Waals surface area contributed by atoms with Crippen LogP contribution in [0, 0.1) is 0 Å². The van der Waals surface area contributed by atoms with Gasteiger partial charge in [-0.05, 0) is 18.2 Å². The maximum Gasteiger partial charge on any atom is 0.160 e. The number of benzene rings is 4. The van der Waals surface area contributed by atoms with Gasteiger partial charge in [-0.15, -0.1) is 11.3 Å². The molecule has 2 heterocycles. The summed E-state index contributed by atoms with van der Waals surface area (Å²) in [6.07, 6.45) is 0. The van der Waals surface area contributed by atoms with Gasteiger partial charge < -0.3 is 0 Å². The highest BCUT2D eigenvalue weighted by Crippen LogP contribution is 2.32. The van der Waals surface area contributed by atoms with Crippen molar-refractivity contribution < 1.29 is 0 Å². The fraction of sp³-hybridized carbons (Fsp3) is 0. The predicted octanol–water partition coefficient (Wildman–Crippen LogP) is 7.75. The standard InChI is InChI=1S/C29H19N3S/c1-3-9-20(10-4-1)25-19-26(21-11-5-2-6-12-21)31-28(30-25)22-15-17-23(18-16-22)29-32-24-13-7-8-14-27(24)33-29/h1-19H. The van der Waals surface area contributed by atoms with Crippen molar-refractivity contribution >= 4 is 21.6 Å². The van der Waals surface area contributed by atoms with Crippen molar-refractivity contribution in [3.8, 4) is 44.5 Å². The zero-order valence-corrected chi connectivity index (χ0v) is 18.5. The van der Waals surface area contributed by atoms with E-state index in [9.17, 15) is 0 Å². The van der Waals surface area contributed by atoms with Gasteiger partial charge >= 0.3 is 0 Å². The van der Waals surface area contributed by atoms with Crippen molar-refractivity contribution in [2.75, 3.05) is 0 Å². The van der Waals surface area contributed by atoms with Gasteiger partial charge in [0.1, 0.15) is 5.01 Å². The monoisotopic (exact) mass is 441 g/mol. The van der Waals surface area contributed by atoms with Gasteiger partial charge in [-0.2, -0.15) is 0 Å². The minimum absolute atomic E-state index is 0.714. The molecule has 0 fully saturated rings. The quantitative estimate of drug-likeness (QED) is 0.281. The van der Waals surface area contributed by atoms with Crippen molar-refractivity contribution in [2.45, 2.75) is 0 Å². The fourth-order valence-electron chi connectivity index (χ4n) is 3.85. The van der Waals surface area contributed by atoms with Gasteiger partial charge in [0.25, 0.3) is 0 Å². The molecule has 0 aliphatic heterocycles. The molecule has 0 saturated heterocycles. The van der Waals surface area contributed by atoms with Crippen molar-refractivity contribution in [3.05, 3.63) is 115 Å². The van der Waals surface area contributed by atoms with E-state index in [0.29, 0.717) is 5.82 Å². The van der Waals surface area contributed by atoms with Crippen molar-refractivity contribution in [3.63, 3.8) is 0 Å².